The fourth-order valence-corrected chi connectivity index (χ4v) is 4.82. The summed E-state index contributed by atoms with van der Waals surface area (Å²) < 4.78 is 14.8. The van der Waals surface area contributed by atoms with Gasteiger partial charge in [-0.25, -0.2) is 9.67 Å². The molecule has 5 rings (SSSR count). The number of aromatic nitrogens is 5. The largest absolute Gasteiger partial charge is 0.472 e. The van der Waals surface area contributed by atoms with Crippen molar-refractivity contribution in [2.24, 2.45) is 18.9 Å². The van der Waals surface area contributed by atoms with E-state index in [1.807, 2.05) is 27.4 Å². The molecule has 1 aliphatic carbocycles. The molecule has 9 heteroatoms. The van der Waals surface area contributed by atoms with Gasteiger partial charge >= 0.3 is 0 Å². The van der Waals surface area contributed by atoms with Crippen LogP contribution in [0.2, 0.25) is 0 Å². The minimum Gasteiger partial charge on any atom is -0.472 e. The van der Waals surface area contributed by atoms with E-state index in [0.29, 0.717) is 17.4 Å². The molecule has 29 heavy (non-hydrogen) atoms. The number of imidazole rings is 1. The summed E-state index contributed by atoms with van der Waals surface area (Å²) in [6.45, 7) is 1.52. The summed E-state index contributed by atoms with van der Waals surface area (Å²) in [5.74, 6) is 0.900. The molecule has 0 bridgehead atoms. The molecule has 0 unspecified atom stereocenters. The van der Waals surface area contributed by atoms with Crippen LogP contribution in [0.25, 0.3) is 11.4 Å². The molecule has 3 aromatic rings. The highest BCUT2D eigenvalue weighted by Gasteiger charge is 2.44. The van der Waals surface area contributed by atoms with E-state index in [9.17, 15) is 4.79 Å². The summed E-state index contributed by atoms with van der Waals surface area (Å²) in [6, 6.07) is 1.82. The molecule has 1 saturated carbocycles. The molecule has 0 N–H and O–H groups in total. The summed E-state index contributed by atoms with van der Waals surface area (Å²) in [6.07, 6.45) is 10.4. The van der Waals surface area contributed by atoms with Crippen molar-refractivity contribution in [2.45, 2.75) is 25.0 Å². The van der Waals surface area contributed by atoms with Crippen molar-refractivity contribution in [3.8, 4) is 11.4 Å². The lowest BCUT2D eigenvalue weighted by Gasteiger charge is -2.36. The van der Waals surface area contributed by atoms with Crippen molar-refractivity contribution in [1.82, 2.24) is 29.4 Å². The first kappa shape index (κ1) is 18.1. The molecule has 2 aliphatic rings. The van der Waals surface area contributed by atoms with Gasteiger partial charge in [0.2, 0.25) is 0 Å². The zero-order chi connectivity index (χ0) is 20.0. The number of furan rings is 1. The van der Waals surface area contributed by atoms with Crippen LogP contribution in [-0.4, -0.2) is 61.7 Å². The average Bonchev–Trinajstić information content (AvgIpc) is 3.52. The van der Waals surface area contributed by atoms with Gasteiger partial charge in [-0.15, -0.1) is 5.10 Å². The van der Waals surface area contributed by atoms with Crippen LogP contribution in [0.1, 0.15) is 29.2 Å². The third-order valence-corrected chi connectivity index (χ3v) is 6.37. The molecule has 0 radical (unpaired) electrons. The van der Waals surface area contributed by atoms with Gasteiger partial charge < -0.3 is 18.6 Å². The summed E-state index contributed by atoms with van der Waals surface area (Å²) in [4.78, 5) is 18.8. The fraction of sp³-hybridized carbons (Fsp3) is 0.500. The number of carbonyl (C=O) groups excluding carboxylic acids is 1. The monoisotopic (exact) mass is 396 g/mol. The van der Waals surface area contributed by atoms with E-state index < -0.39 is 0 Å². The molecule has 1 amide bonds. The molecule has 4 atom stereocenters. The highest BCUT2D eigenvalue weighted by atomic mass is 16.5. The van der Waals surface area contributed by atoms with Gasteiger partial charge in [-0.1, -0.05) is 5.21 Å². The van der Waals surface area contributed by atoms with Crippen LogP contribution in [0.5, 0.6) is 0 Å². The Morgan fingerprint density at radius 1 is 1.28 bits per heavy atom. The fourth-order valence-electron chi connectivity index (χ4n) is 4.82. The van der Waals surface area contributed by atoms with Crippen molar-refractivity contribution in [2.75, 3.05) is 20.2 Å². The van der Waals surface area contributed by atoms with Gasteiger partial charge in [0.05, 0.1) is 48.4 Å². The Kier molecular flexibility index (Phi) is 4.46. The van der Waals surface area contributed by atoms with Gasteiger partial charge in [0.25, 0.3) is 5.91 Å². The van der Waals surface area contributed by atoms with E-state index in [1.165, 1.54) is 12.5 Å². The number of fused-ring (bicyclic) bond motifs is 1. The first-order chi connectivity index (χ1) is 14.1. The summed E-state index contributed by atoms with van der Waals surface area (Å²) in [7, 11) is 3.69. The van der Waals surface area contributed by atoms with Crippen LogP contribution in [0, 0.1) is 11.8 Å². The SMILES string of the molecule is CO[C@@H]1C[C@H]2CN(C(=O)c3ccoc3)C[C@H]2C[C@H]1n1cc(-c2cncn2C)nn1. The number of aryl methyl sites for hydroxylation is 1. The maximum Gasteiger partial charge on any atom is 0.257 e. The molecule has 0 aromatic carbocycles. The number of methoxy groups -OCH3 is 1. The number of rotatable bonds is 4. The third kappa shape index (κ3) is 3.15. The minimum absolute atomic E-state index is 0.0397. The number of nitrogens with zero attached hydrogens (tertiary/aromatic N) is 6. The molecule has 1 aliphatic heterocycles. The first-order valence-electron chi connectivity index (χ1n) is 9.87. The zero-order valence-corrected chi connectivity index (χ0v) is 16.5. The second-order valence-corrected chi connectivity index (χ2v) is 8.03. The van der Waals surface area contributed by atoms with Crippen LogP contribution in [0.4, 0.5) is 0 Å². The van der Waals surface area contributed by atoms with Gasteiger partial charge in [0.1, 0.15) is 12.0 Å². The molecule has 3 aromatic heterocycles. The summed E-state index contributed by atoms with van der Waals surface area (Å²) in [5, 5.41) is 8.74. The molecule has 2 fully saturated rings. The quantitative estimate of drug-likeness (QED) is 0.670. The Morgan fingerprint density at radius 3 is 2.79 bits per heavy atom. The van der Waals surface area contributed by atoms with Crippen molar-refractivity contribution in [3.05, 3.63) is 42.9 Å². The molecular formula is C20H24N6O3. The summed E-state index contributed by atoms with van der Waals surface area (Å²) >= 11 is 0. The van der Waals surface area contributed by atoms with Crippen molar-refractivity contribution in [1.29, 1.82) is 0 Å². The van der Waals surface area contributed by atoms with E-state index in [2.05, 4.69) is 15.3 Å². The van der Waals surface area contributed by atoms with E-state index in [0.717, 1.165) is 37.3 Å². The lowest BCUT2D eigenvalue weighted by atomic mass is 9.77. The van der Waals surface area contributed by atoms with E-state index in [-0.39, 0.29) is 18.1 Å². The molecular weight excluding hydrogens is 372 g/mol. The van der Waals surface area contributed by atoms with Gasteiger partial charge in [-0.3, -0.25) is 4.79 Å². The lowest BCUT2D eigenvalue weighted by molar-refractivity contribution is -0.00545. The van der Waals surface area contributed by atoms with Crippen LogP contribution >= 0.6 is 0 Å². The maximum atomic E-state index is 12.7. The molecule has 0 spiro atoms. The molecule has 1 saturated heterocycles. The van der Waals surface area contributed by atoms with Crippen LogP contribution in [0.15, 0.2) is 41.7 Å². The number of carbonyl (C=O) groups is 1. The van der Waals surface area contributed by atoms with Crippen LogP contribution < -0.4 is 0 Å². The zero-order valence-electron chi connectivity index (χ0n) is 16.5. The van der Waals surface area contributed by atoms with E-state index in [4.69, 9.17) is 9.15 Å². The smallest absolute Gasteiger partial charge is 0.257 e. The van der Waals surface area contributed by atoms with Crippen LogP contribution in [0.3, 0.4) is 0 Å². The topological polar surface area (TPSA) is 91.2 Å². The standard InChI is InChI=1S/C20H24N6O3/c1-24-12-21-7-18(24)16-10-26(23-22-16)17-5-14-8-25(9-15(14)6-19(17)28-2)20(27)13-3-4-29-11-13/h3-4,7,10-12,14-15,17,19H,5-6,8-9H2,1-2H3/t14-,15+,17-,19-/m1/s1. The molecule has 9 nitrogen and oxygen atoms in total. The Hall–Kier alpha value is -2.94. The Labute approximate surface area is 168 Å². The van der Waals surface area contributed by atoms with Crippen LogP contribution in [-0.2, 0) is 11.8 Å². The predicted molar refractivity (Wildman–Crippen MR) is 103 cm³/mol. The second-order valence-electron chi connectivity index (χ2n) is 8.03. The molecule has 152 valence electrons. The van der Waals surface area contributed by atoms with Crippen molar-refractivity contribution < 1.29 is 13.9 Å². The van der Waals surface area contributed by atoms with E-state index in [1.54, 1.807) is 25.7 Å². The number of hydrogen-bond donors (Lipinski definition) is 0. The highest BCUT2D eigenvalue weighted by molar-refractivity contribution is 5.94. The Balaban J connectivity index is 1.34. The van der Waals surface area contributed by atoms with Gasteiger partial charge in [-0.2, -0.15) is 0 Å². The van der Waals surface area contributed by atoms with Crippen molar-refractivity contribution >= 4 is 5.91 Å². The second kappa shape index (κ2) is 7.14. The van der Waals surface area contributed by atoms with E-state index >= 15 is 0 Å². The number of likely N-dealkylation sites (tertiary alicyclic amines) is 1. The molecule has 4 heterocycles. The third-order valence-electron chi connectivity index (χ3n) is 6.37. The maximum absolute atomic E-state index is 12.7. The predicted octanol–water partition coefficient (Wildman–Crippen LogP) is 2.01. The van der Waals surface area contributed by atoms with Gasteiger partial charge in [0, 0.05) is 27.2 Å². The number of ether oxygens (including phenoxy) is 1. The Morgan fingerprint density at radius 2 is 2.10 bits per heavy atom. The highest BCUT2D eigenvalue weighted by Crippen LogP contribution is 2.42. The Bertz CT molecular complexity index is 994. The summed E-state index contributed by atoms with van der Waals surface area (Å²) in [5.41, 5.74) is 2.34. The normalized spacial score (nSPS) is 26.6. The number of hydrogen-bond acceptors (Lipinski definition) is 6. The van der Waals surface area contributed by atoms with Gasteiger partial charge in [-0.05, 0) is 30.7 Å². The van der Waals surface area contributed by atoms with Gasteiger partial charge in [0.15, 0.2) is 0 Å². The van der Waals surface area contributed by atoms with Crippen molar-refractivity contribution in [3.63, 3.8) is 0 Å². The lowest BCUT2D eigenvalue weighted by Crippen LogP contribution is -2.37. The average molecular weight is 396 g/mol. The number of amides is 1. The minimum atomic E-state index is 0.0397. The first-order valence-corrected chi connectivity index (χ1v) is 9.87.